The highest BCUT2D eigenvalue weighted by Gasteiger charge is 2.14. The first kappa shape index (κ1) is 17.9. The van der Waals surface area contributed by atoms with Crippen molar-refractivity contribution in [3.05, 3.63) is 41.5 Å². The number of hydrogen-bond acceptors (Lipinski definition) is 8. The summed E-state index contributed by atoms with van der Waals surface area (Å²) in [7, 11) is 0. The lowest BCUT2D eigenvalue weighted by atomic mass is 10.3. The molecule has 0 aromatic carbocycles. The Hall–Kier alpha value is -2.49. The van der Waals surface area contributed by atoms with Crippen molar-refractivity contribution < 1.29 is 9.84 Å². The molecule has 142 valence electrons. The van der Waals surface area contributed by atoms with Gasteiger partial charge in [0.15, 0.2) is 0 Å². The lowest BCUT2D eigenvalue weighted by Gasteiger charge is -2.26. The number of thiophene rings is 1. The van der Waals surface area contributed by atoms with Crippen LogP contribution in [0.2, 0.25) is 0 Å². The van der Waals surface area contributed by atoms with Crippen LogP contribution in [0.4, 0.5) is 11.8 Å². The monoisotopic (exact) mass is 386 g/mol. The zero-order valence-corrected chi connectivity index (χ0v) is 15.7. The number of nitrogens with zero attached hydrogens (tertiary/aromatic N) is 5. The zero-order valence-electron chi connectivity index (χ0n) is 14.9. The first-order valence-corrected chi connectivity index (χ1v) is 9.81. The summed E-state index contributed by atoms with van der Waals surface area (Å²) in [4.78, 5) is 12.2. The fourth-order valence-electron chi connectivity index (χ4n) is 2.93. The Morgan fingerprint density at radius 1 is 1.22 bits per heavy atom. The highest BCUT2D eigenvalue weighted by atomic mass is 32.1. The van der Waals surface area contributed by atoms with Gasteiger partial charge in [0.05, 0.1) is 31.2 Å². The third-order valence-electron chi connectivity index (χ3n) is 4.32. The Morgan fingerprint density at radius 2 is 2.04 bits per heavy atom. The molecule has 0 aliphatic carbocycles. The summed E-state index contributed by atoms with van der Waals surface area (Å²) < 4.78 is 7.15. The van der Waals surface area contributed by atoms with Gasteiger partial charge in [-0.25, -0.2) is 14.6 Å². The second-order valence-electron chi connectivity index (χ2n) is 6.18. The number of morpholine rings is 1. The Labute approximate surface area is 161 Å². The summed E-state index contributed by atoms with van der Waals surface area (Å²) in [5, 5.41) is 19.3. The maximum absolute atomic E-state index is 9.30. The van der Waals surface area contributed by atoms with Gasteiger partial charge in [0.25, 0.3) is 0 Å². The van der Waals surface area contributed by atoms with E-state index >= 15 is 0 Å². The van der Waals surface area contributed by atoms with Crippen molar-refractivity contribution >= 4 is 23.1 Å². The van der Waals surface area contributed by atoms with Crippen LogP contribution in [0.15, 0.2) is 36.0 Å². The molecule has 8 nitrogen and oxygen atoms in total. The predicted molar refractivity (Wildman–Crippen MR) is 105 cm³/mol. The van der Waals surface area contributed by atoms with Gasteiger partial charge in [0.1, 0.15) is 11.5 Å². The van der Waals surface area contributed by atoms with E-state index in [-0.39, 0.29) is 6.61 Å². The van der Waals surface area contributed by atoms with Crippen molar-refractivity contribution in [2.75, 3.05) is 43.1 Å². The molecule has 3 aromatic heterocycles. The molecule has 1 aliphatic heterocycles. The predicted octanol–water partition coefficient (Wildman–Crippen LogP) is 1.84. The fraction of sp³-hybridized carbons (Fsp3) is 0.389. The second kappa shape index (κ2) is 8.47. The third-order valence-corrected chi connectivity index (χ3v) is 5.22. The quantitative estimate of drug-likeness (QED) is 0.640. The minimum atomic E-state index is 0.0393. The SMILES string of the molecule is OCCn1nc(-c2cccs2)cc1NCc1cnc(N2CCOCC2)nc1. The van der Waals surface area contributed by atoms with Gasteiger partial charge < -0.3 is 20.1 Å². The average Bonchev–Trinajstić information content (AvgIpc) is 3.38. The van der Waals surface area contributed by atoms with Crippen LogP contribution in [-0.2, 0) is 17.8 Å². The highest BCUT2D eigenvalue weighted by Crippen LogP contribution is 2.26. The van der Waals surface area contributed by atoms with Gasteiger partial charge in [0.2, 0.25) is 5.95 Å². The Bertz CT molecular complexity index is 843. The van der Waals surface area contributed by atoms with Gasteiger partial charge in [-0.3, -0.25) is 0 Å². The molecule has 27 heavy (non-hydrogen) atoms. The molecule has 3 aromatic rings. The molecule has 4 rings (SSSR count). The average molecular weight is 386 g/mol. The molecule has 0 saturated carbocycles. The van der Waals surface area contributed by atoms with E-state index in [4.69, 9.17) is 4.74 Å². The molecule has 0 amide bonds. The summed E-state index contributed by atoms with van der Waals surface area (Å²) in [6.45, 7) is 4.15. The van der Waals surface area contributed by atoms with Gasteiger partial charge >= 0.3 is 0 Å². The number of anilines is 2. The van der Waals surface area contributed by atoms with E-state index in [0.717, 1.165) is 41.0 Å². The van der Waals surface area contributed by atoms with E-state index in [9.17, 15) is 5.11 Å². The number of aromatic nitrogens is 4. The summed E-state index contributed by atoms with van der Waals surface area (Å²) in [5.74, 6) is 1.61. The van der Waals surface area contributed by atoms with Gasteiger partial charge in [0, 0.05) is 43.7 Å². The Morgan fingerprint density at radius 3 is 2.74 bits per heavy atom. The summed E-state index contributed by atoms with van der Waals surface area (Å²) in [6, 6.07) is 6.05. The molecule has 0 radical (unpaired) electrons. The molecule has 4 heterocycles. The lowest BCUT2D eigenvalue weighted by Crippen LogP contribution is -2.37. The van der Waals surface area contributed by atoms with Crippen LogP contribution in [0.3, 0.4) is 0 Å². The number of ether oxygens (including phenoxy) is 1. The number of hydrogen-bond donors (Lipinski definition) is 2. The smallest absolute Gasteiger partial charge is 0.225 e. The van der Waals surface area contributed by atoms with Gasteiger partial charge in [-0.05, 0) is 11.4 Å². The number of rotatable bonds is 7. The van der Waals surface area contributed by atoms with E-state index < -0.39 is 0 Å². The van der Waals surface area contributed by atoms with E-state index in [1.807, 2.05) is 36.0 Å². The molecule has 0 spiro atoms. The van der Waals surface area contributed by atoms with Crippen molar-refractivity contribution in [3.8, 4) is 10.6 Å². The first-order chi connectivity index (χ1) is 13.3. The van der Waals surface area contributed by atoms with E-state index in [1.54, 1.807) is 16.0 Å². The minimum absolute atomic E-state index is 0.0393. The van der Waals surface area contributed by atoms with Crippen molar-refractivity contribution in [1.29, 1.82) is 0 Å². The first-order valence-electron chi connectivity index (χ1n) is 8.93. The lowest BCUT2D eigenvalue weighted by molar-refractivity contribution is 0.122. The molecule has 9 heteroatoms. The van der Waals surface area contributed by atoms with Gasteiger partial charge in [-0.15, -0.1) is 11.3 Å². The standard InChI is InChI=1S/C18H22N6O2S/c25-6-3-24-17(10-15(22-24)16-2-1-9-27-16)19-11-14-12-20-18(21-13-14)23-4-7-26-8-5-23/h1-2,9-10,12-13,19,25H,3-8,11H2. The molecule has 1 saturated heterocycles. The maximum Gasteiger partial charge on any atom is 0.225 e. The number of aliphatic hydroxyl groups excluding tert-OH is 1. The summed E-state index contributed by atoms with van der Waals surface area (Å²) >= 11 is 1.65. The molecule has 2 N–H and O–H groups in total. The van der Waals surface area contributed by atoms with Crippen LogP contribution in [0.5, 0.6) is 0 Å². The maximum atomic E-state index is 9.30. The van der Waals surface area contributed by atoms with Crippen molar-refractivity contribution in [2.45, 2.75) is 13.1 Å². The van der Waals surface area contributed by atoms with Crippen LogP contribution in [0.1, 0.15) is 5.56 Å². The zero-order chi connectivity index (χ0) is 18.5. The van der Waals surface area contributed by atoms with Crippen molar-refractivity contribution in [1.82, 2.24) is 19.7 Å². The number of aliphatic hydroxyl groups is 1. The molecular weight excluding hydrogens is 364 g/mol. The van der Waals surface area contributed by atoms with Crippen LogP contribution >= 0.6 is 11.3 Å². The normalized spacial score (nSPS) is 14.5. The molecule has 1 aliphatic rings. The number of nitrogens with one attached hydrogen (secondary N) is 1. The largest absolute Gasteiger partial charge is 0.394 e. The molecule has 1 fully saturated rings. The molecular formula is C18H22N6O2S. The van der Waals surface area contributed by atoms with Crippen LogP contribution in [0.25, 0.3) is 10.6 Å². The Kier molecular flexibility index (Phi) is 5.61. The molecule has 0 atom stereocenters. The van der Waals surface area contributed by atoms with Gasteiger partial charge in [-0.1, -0.05) is 6.07 Å². The molecule has 0 unspecified atom stereocenters. The summed E-state index contributed by atoms with van der Waals surface area (Å²) in [6.07, 6.45) is 3.69. The highest BCUT2D eigenvalue weighted by molar-refractivity contribution is 7.13. The van der Waals surface area contributed by atoms with Crippen LogP contribution in [-0.4, -0.2) is 57.8 Å². The van der Waals surface area contributed by atoms with Crippen molar-refractivity contribution in [3.63, 3.8) is 0 Å². The topological polar surface area (TPSA) is 88.3 Å². The minimum Gasteiger partial charge on any atom is -0.394 e. The molecule has 0 bridgehead atoms. The second-order valence-corrected chi connectivity index (χ2v) is 7.13. The van der Waals surface area contributed by atoms with E-state index in [1.165, 1.54) is 0 Å². The third kappa shape index (κ3) is 4.26. The van der Waals surface area contributed by atoms with E-state index in [0.29, 0.717) is 26.3 Å². The van der Waals surface area contributed by atoms with Crippen molar-refractivity contribution in [2.24, 2.45) is 0 Å². The van der Waals surface area contributed by atoms with Gasteiger partial charge in [-0.2, -0.15) is 5.10 Å². The van der Waals surface area contributed by atoms with Crippen LogP contribution < -0.4 is 10.2 Å². The van der Waals surface area contributed by atoms with Crippen LogP contribution in [0, 0.1) is 0 Å². The Balaban J connectivity index is 1.43. The fourth-order valence-corrected chi connectivity index (χ4v) is 3.61. The van der Waals surface area contributed by atoms with E-state index in [2.05, 4.69) is 25.3 Å². The summed E-state index contributed by atoms with van der Waals surface area (Å²) in [5.41, 5.74) is 1.89.